The summed E-state index contributed by atoms with van der Waals surface area (Å²) in [6, 6.07) is 9.81. The maximum absolute atomic E-state index is 8.72. The lowest BCUT2D eigenvalue weighted by molar-refractivity contribution is -0.0142. The van der Waals surface area contributed by atoms with E-state index in [-0.39, 0.29) is 5.60 Å². The predicted molar refractivity (Wildman–Crippen MR) is 71.0 cm³/mol. The fourth-order valence-corrected chi connectivity index (χ4v) is 2.30. The topological polar surface area (TPSA) is 45.0 Å². The van der Waals surface area contributed by atoms with Gasteiger partial charge < -0.3 is 10.1 Å². The Morgan fingerprint density at radius 1 is 1.39 bits per heavy atom. The standard InChI is InChI=1S/C15H20N2O/c1-15(2)8-7-14(18-15)11-17-10-13-5-3-12(9-16)4-6-13/h3-6,14,17H,7-8,10-11H2,1-2H3. The summed E-state index contributed by atoms with van der Waals surface area (Å²) in [5, 5.41) is 12.1. The van der Waals surface area contributed by atoms with Crippen LogP contribution in [-0.2, 0) is 11.3 Å². The van der Waals surface area contributed by atoms with Gasteiger partial charge in [-0.2, -0.15) is 5.26 Å². The molecule has 1 N–H and O–H groups in total. The fraction of sp³-hybridized carbons (Fsp3) is 0.533. The van der Waals surface area contributed by atoms with Crippen molar-refractivity contribution in [2.75, 3.05) is 6.54 Å². The summed E-state index contributed by atoms with van der Waals surface area (Å²) in [7, 11) is 0. The molecule has 2 rings (SSSR count). The molecule has 0 aliphatic carbocycles. The van der Waals surface area contributed by atoms with Crippen LogP contribution in [0.2, 0.25) is 0 Å². The minimum absolute atomic E-state index is 0.0425. The molecule has 3 heteroatoms. The van der Waals surface area contributed by atoms with E-state index in [1.807, 2.05) is 24.3 Å². The van der Waals surface area contributed by atoms with E-state index in [4.69, 9.17) is 10.00 Å². The molecule has 3 nitrogen and oxygen atoms in total. The molecule has 0 spiro atoms. The number of hydrogen-bond acceptors (Lipinski definition) is 3. The molecule has 0 bridgehead atoms. The summed E-state index contributed by atoms with van der Waals surface area (Å²) in [6.45, 7) is 6.01. The van der Waals surface area contributed by atoms with Crippen molar-refractivity contribution < 1.29 is 4.74 Å². The van der Waals surface area contributed by atoms with Crippen molar-refractivity contribution in [3.8, 4) is 6.07 Å². The number of ether oxygens (including phenoxy) is 1. The van der Waals surface area contributed by atoms with E-state index in [1.54, 1.807) is 0 Å². The number of nitrogens with zero attached hydrogens (tertiary/aromatic N) is 1. The number of hydrogen-bond donors (Lipinski definition) is 1. The van der Waals surface area contributed by atoms with Crippen LogP contribution >= 0.6 is 0 Å². The largest absolute Gasteiger partial charge is 0.371 e. The fourth-order valence-electron chi connectivity index (χ4n) is 2.30. The molecule has 1 fully saturated rings. The Morgan fingerprint density at radius 3 is 2.67 bits per heavy atom. The van der Waals surface area contributed by atoms with Gasteiger partial charge in [0.2, 0.25) is 0 Å². The van der Waals surface area contributed by atoms with Gasteiger partial charge in [-0.15, -0.1) is 0 Å². The smallest absolute Gasteiger partial charge is 0.0991 e. The molecule has 96 valence electrons. The highest BCUT2D eigenvalue weighted by Crippen LogP contribution is 2.28. The van der Waals surface area contributed by atoms with Crippen LogP contribution in [0.5, 0.6) is 0 Å². The Bertz CT molecular complexity index is 431. The van der Waals surface area contributed by atoms with Crippen molar-refractivity contribution >= 4 is 0 Å². The van der Waals surface area contributed by atoms with Gasteiger partial charge in [-0.05, 0) is 44.4 Å². The zero-order valence-electron chi connectivity index (χ0n) is 11.1. The van der Waals surface area contributed by atoms with Gasteiger partial charge in [0.25, 0.3) is 0 Å². The Morgan fingerprint density at radius 2 is 2.11 bits per heavy atom. The molecule has 1 aliphatic rings. The first-order valence-electron chi connectivity index (χ1n) is 6.47. The number of rotatable bonds is 4. The van der Waals surface area contributed by atoms with Crippen LogP contribution in [0.4, 0.5) is 0 Å². The average molecular weight is 244 g/mol. The Labute approximate surface area is 109 Å². The van der Waals surface area contributed by atoms with Crippen molar-refractivity contribution in [3.63, 3.8) is 0 Å². The molecular formula is C15H20N2O. The lowest BCUT2D eigenvalue weighted by Crippen LogP contribution is -2.29. The summed E-state index contributed by atoms with van der Waals surface area (Å²) < 4.78 is 5.92. The van der Waals surface area contributed by atoms with E-state index in [9.17, 15) is 0 Å². The van der Waals surface area contributed by atoms with Crippen LogP contribution in [0, 0.1) is 11.3 Å². The quantitative estimate of drug-likeness (QED) is 0.885. The van der Waals surface area contributed by atoms with Crippen LogP contribution in [0.3, 0.4) is 0 Å². The van der Waals surface area contributed by atoms with Crippen LogP contribution < -0.4 is 5.32 Å². The van der Waals surface area contributed by atoms with Crippen LogP contribution in [0.15, 0.2) is 24.3 Å². The van der Waals surface area contributed by atoms with E-state index in [1.165, 1.54) is 5.56 Å². The van der Waals surface area contributed by atoms with Gasteiger partial charge in [0.15, 0.2) is 0 Å². The molecule has 1 saturated heterocycles. The number of benzene rings is 1. The summed E-state index contributed by atoms with van der Waals surface area (Å²) in [5.74, 6) is 0. The molecule has 1 aliphatic heterocycles. The highest BCUT2D eigenvalue weighted by atomic mass is 16.5. The lowest BCUT2D eigenvalue weighted by atomic mass is 10.1. The van der Waals surface area contributed by atoms with Gasteiger partial charge >= 0.3 is 0 Å². The van der Waals surface area contributed by atoms with Crippen LogP contribution in [0.1, 0.15) is 37.8 Å². The van der Waals surface area contributed by atoms with Crippen molar-refractivity contribution in [2.24, 2.45) is 0 Å². The minimum atomic E-state index is 0.0425. The average Bonchev–Trinajstić information content (AvgIpc) is 2.70. The first kappa shape index (κ1) is 13.1. The molecule has 1 aromatic carbocycles. The van der Waals surface area contributed by atoms with Crippen LogP contribution in [-0.4, -0.2) is 18.2 Å². The van der Waals surface area contributed by atoms with Gasteiger partial charge in [0.1, 0.15) is 0 Å². The van der Waals surface area contributed by atoms with Crippen molar-refractivity contribution in [1.82, 2.24) is 5.32 Å². The second kappa shape index (κ2) is 5.51. The maximum atomic E-state index is 8.72. The van der Waals surface area contributed by atoms with Crippen molar-refractivity contribution in [3.05, 3.63) is 35.4 Å². The maximum Gasteiger partial charge on any atom is 0.0991 e. The normalized spacial score (nSPS) is 21.7. The second-order valence-electron chi connectivity index (χ2n) is 5.48. The predicted octanol–water partition coefficient (Wildman–Crippen LogP) is 2.61. The first-order valence-corrected chi connectivity index (χ1v) is 6.47. The monoisotopic (exact) mass is 244 g/mol. The summed E-state index contributed by atoms with van der Waals surface area (Å²) in [5.41, 5.74) is 1.95. The lowest BCUT2D eigenvalue weighted by Gasteiger charge is -2.19. The molecule has 18 heavy (non-hydrogen) atoms. The summed E-state index contributed by atoms with van der Waals surface area (Å²) >= 11 is 0. The van der Waals surface area contributed by atoms with Gasteiger partial charge in [-0.3, -0.25) is 0 Å². The third kappa shape index (κ3) is 3.56. The minimum Gasteiger partial charge on any atom is -0.371 e. The highest BCUT2D eigenvalue weighted by Gasteiger charge is 2.30. The van der Waals surface area contributed by atoms with Crippen LogP contribution in [0.25, 0.3) is 0 Å². The van der Waals surface area contributed by atoms with E-state index >= 15 is 0 Å². The van der Waals surface area contributed by atoms with Gasteiger partial charge in [-0.1, -0.05) is 12.1 Å². The number of nitrogens with one attached hydrogen (secondary N) is 1. The molecule has 0 radical (unpaired) electrons. The van der Waals surface area contributed by atoms with E-state index in [0.717, 1.165) is 25.9 Å². The van der Waals surface area contributed by atoms with Gasteiger partial charge in [0.05, 0.1) is 23.3 Å². The molecular weight excluding hydrogens is 224 g/mol. The third-order valence-corrected chi connectivity index (χ3v) is 3.34. The second-order valence-corrected chi connectivity index (χ2v) is 5.48. The Hall–Kier alpha value is -1.37. The molecule has 1 unspecified atom stereocenters. The number of nitriles is 1. The third-order valence-electron chi connectivity index (χ3n) is 3.34. The molecule has 1 atom stereocenters. The van der Waals surface area contributed by atoms with Gasteiger partial charge in [0, 0.05) is 13.1 Å². The molecule has 0 saturated carbocycles. The molecule has 1 heterocycles. The summed E-state index contributed by atoms with van der Waals surface area (Å²) in [4.78, 5) is 0. The molecule has 0 amide bonds. The highest BCUT2D eigenvalue weighted by molar-refractivity contribution is 5.31. The van der Waals surface area contributed by atoms with Crippen molar-refractivity contribution in [1.29, 1.82) is 5.26 Å². The van der Waals surface area contributed by atoms with E-state index < -0.39 is 0 Å². The summed E-state index contributed by atoms with van der Waals surface area (Å²) in [6.07, 6.45) is 2.60. The van der Waals surface area contributed by atoms with Gasteiger partial charge in [-0.25, -0.2) is 0 Å². The Kier molecular flexibility index (Phi) is 4.00. The molecule has 0 aromatic heterocycles. The Balaban J connectivity index is 1.74. The van der Waals surface area contributed by atoms with Crippen molar-refractivity contribution in [2.45, 2.75) is 44.9 Å². The van der Waals surface area contributed by atoms with E-state index in [2.05, 4.69) is 25.2 Å². The first-order chi connectivity index (χ1) is 8.59. The zero-order chi connectivity index (χ0) is 13.0. The molecule has 1 aromatic rings. The SMILES string of the molecule is CC1(C)CCC(CNCc2ccc(C#N)cc2)O1. The van der Waals surface area contributed by atoms with E-state index in [0.29, 0.717) is 11.7 Å². The zero-order valence-corrected chi connectivity index (χ0v) is 11.1.